The number of sulfonamides is 1. The van der Waals surface area contributed by atoms with E-state index in [9.17, 15) is 17.6 Å². The van der Waals surface area contributed by atoms with Gasteiger partial charge in [0.05, 0.1) is 4.90 Å². The predicted molar refractivity (Wildman–Crippen MR) is 107 cm³/mol. The molecule has 1 aliphatic carbocycles. The molecule has 2 aromatic rings. The highest BCUT2D eigenvalue weighted by molar-refractivity contribution is 9.10. The van der Waals surface area contributed by atoms with Crippen molar-refractivity contribution in [1.29, 1.82) is 0 Å². The summed E-state index contributed by atoms with van der Waals surface area (Å²) in [4.78, 5) is 14.8. The summed E-state index contributed by atoms with van der Waals surface area (Å²) in [6.07, 6.45) is 0.764. The van der Waals surface area contributed by atoms with Crippen LogP contribution in [0.4, 0.5) is 4.39 Å². The molecule has 4 rings (SSSR count). The fourth-order valence-corrected chi connectivity index (χ4v) is 6.11. The van der Waals surface area contributed by atoms with Crippen LogP contribution in [0.15, 0.2) is 57.9 Å². The maximum absolute atomic E-state index is 13.1. The Morgan fingerprint density at radius 2 is 1.64 bits per heavy atom. The number of hydrogen-bond donors (Lipinski definition) is 0. The van der Waals surface area contributed by atoms with Gasteiger partial charge in [-0.25, -0.2) is 12.8 Å². The van der Waals surface area contributed by atoms with Crippen molar-refractivity contribution < 1.29 is 17.6 Å². The summed E-state index contributed by atoms with van der Waals surface area (Å²) >= 11 is 3.30. The monoisotopic (exact) mass is 466 g/mol. The molecule has 1 heterocycles. The first-order valence-electron chi connectivity index (χ1n) is 9.17. The van der Waals surface area contributed by atoms with E-state index in [0.29, 0.717) is 17.6 Å². The molecule has 2 aliphatic rings. The molecule has 148 valence electrons. The number of amides is 1. The van der Waals surface area contributed by atoms with Gasteiger partial charge in [0.15, 0.2) is 0 Å². The van der Waals surface area contributed by atoms with Crippen molar-refractivity contribution >= 4 is 31.9 Å². The minimum atomic E-state index is -3.59. The molecule has 2 aromatic carbocycles. The molecule has 0 aromatic heterocycles. The zero-order chi connectivity index (χ0) is 19.9. The lowest BCUT2D eigenvalue weighted by molar-refractivity contribution is -0.133. The standard InChI is InChI=1S/C20H20BrFN2O3S/c21-18-3-1-2-4-19(18)28(26,27)24-11-9-23(10-12-24)20(25)17-13-16(17)14-5-7-15(22)8-6-14/h1-8,16-17H,9-13H2. The third-order valence-electron chi connectivity index (χ3n) is 5.41. The lowest BCUT2D eigenvalue weighted by atomic mass is 10.1. The number of carbonyl (C=O) groups is 1. The van der Waals surface area contributed by atoms with E-state index in [1.807, 2.05) is 0 Å². The minimum absolute atomic E-state index is 0.0623. The van der Waals surface area contributed by atoms with Crippen LogP contribution in [0.1, 0.15) is 17.9 Å². The Balaban J connectivity index is 1.37. The number of rotatable bonds is 4. The van der Waals surface area contributed by atoms with Gasteiger partial charge in [0, 0.05) is 36.6 Å². The van der Waals surface area contributed by atoms with Gasteiger partial charge in [-0.3, -0.25) is 4.79 Å². The Kier molecular flexibility index (Phi) is 5.28. The Morgan fingerprint density at radius 3 is 2.29 bits per heavy atom. The molecule has 1 aliphatic heterocycles. The van der Waals surface area contributed by atoms with Crippen LogP contribution in [0.3, 0.4) is 0 Å². The highest BCUT2D eigenvalue weighted by Gasteiger charge is 2.46. The summed E-state index contributed by atoms with van der Waals surface area (Å²) in [6, 6.07) is 13.0. The van der Waals surface area contributed by atoms with E-state index >= 15 is 0 Å². The van der Waals surface area contributed by atoms with Gasteiger partial charge in [0.2, 0.25) is 15.9 Å². The van der Waals surface area contributed by atoms with Crippen molar-refractivity contribution in [2.24, 2.45) is 5.92 Å². The Morgan fingerprint density at radius 1 is 1.00 bits per heavy atom. The highest BCUT2D eigenvalue weighted by atomic mass is 79.9. The molecule has 1 saturated carbocycles. The Labute approximate surface area is 172 Å². The minimum Gasteiger partial charge on any atom is -0.340 e. The van der Waals surface area contributed by atoms with Crippen molar-refractivity contribution in [3.8, 4) is 0 Å². The second-order valence-corrected chi connectivity index (χ2v) is 9.92. The van der Waals surface area contributed by atoms with Crippen LogP contribution in [-0.4, -0.2) is 49.7 Å². The zero-order valence-electron chi connectivity index (χ0n) is 15.1. The summed E-state index contributed by atoms with van der Waals surface area (Å²) in [5.41, 5.74) is 0.981. The van der Waals surface area contributed by atoms with Gasteiger partial charge in [-0.1, -0.05) is 24.3 Å². The van der Waals surface area contributed by atoms with Gasteiger partial charge in [0.25, 0.3) is 0 Å². The maximum Gasteiger partial charge on any atom is 0.244 e. The van der Waals surface area contributed by atoms with E-state index in [1.165, 1.54) is 16.4 Å². The molecule has 8 heteroatoms. The van der Waals surface area contributed by atoms with Gasteiger partial charge in [-0.15, -0.1) is 0 Å². The molecule has 2 atom stereocenters. The topological polar surface area (TPSA) is 57.7 Å². The van der Waals surface area contributed by atoms with Crippen LogP contribution in [0, 0.1) is 11.7 Å². The first kappa shape index (κ1) is 19.5. The average molecular weight is 467 g/mol. The third-order valence-corrected chi connectivity index (χ3v) is 8.32. The third kappa shape index (κ3) is 3.73. The molecule has 1 amide bonds. The Bertz CT molecular complexity index is 989. The predicted octanol–water partition coefficient (Wildman–Crippen LogP) is 3.22. The normalized spacial score (nSPS) is 22.9. The van der Waals surface area contributed by atoms with E-state index in [2.05, 4.69) is 15.9 Å². The van der Waals surface area contributed by atoms with E-state index in [0.717, 1.165) is 12.0 Å². The maximum atomic E-state index is 13.1. The number of benzene rings is 2. The van der Waals surface area contributed by atoms with Crippen molar-refractivity contribution in [1.82, 2.24) is 9.21 Å². The number of halogens is 2. The van der Waals surface area contributed by atoms with Crippen LogP contribution in [0.25, 0.3) is 0 Å². The molecule has 5 nitrogen and oxygen atoms in total. The van der Waals surface area contributed by atoms with E-state index in [1.54, 1.807) is 41.3 Å². The molecular weight excluding hydrogens is 447 g/mol. The smallest absolute Gasteiger partial charge is 0.244 e. The van der Waals surface area contributed by atoms with E-state index in [4.69, 9.17) is 0 Å². The van der Waals surface area contributed by atoms with Crippen LogP contribution in [0.2, 0.25) is 0 Å². The summed E-state index contributed by atoms with van der Waals surface area (Å²) in [6.45, 7) is 1.33. The number of hydrogen-bond acceptors (Lipinski definition) is 3. The lowest BCUT2D eigenvalue weighted by Crippen LogP contribution is -2.51. The highest BCUT2D eigenvalue weighted by Crippen LogP contribution is 2.48. The average Bonchev–Trinajstić information content (AvgIpc) is 3.49. The summed E-state index contributed by atoms with van der Waals surface area (Å²) in [5.74, 6) is -0.172. The second-order valence-electron chi connectivity index (χ2n) is 7.16. The van der Waals surface area contributed by atoms with Crippen LogP contribution >= 0.6 is 15.9 Å². The number of carbonyl (C=O) groups excluding carboxylic acids is 1. The molecule has 2 unspecified atom stereocenters. The quantitative estimate of drug-likeness (QED) is 0.694. The molecular formula is C20H20BrFN2O3S. The second kappa shape index (κ2) is 7.57. The molecule has 0 spiro atoms. The molecule has 28 heavy (non-hydrogen) atoms. The zero-order valence-corrected chi connectivity index (χ0v) is 17.5. The van der Waals surface area contributed by atoms with Crippen LogP contribution in [0.5, 0.6) is 0 Å². The first-order valence-corrected chi connectivity index (χ1v) is 11.4. The van der Waals surface area contributed by atoms with Crippen LogP contribution in [-0.2, 0) is 14.8 Å². The van der Waals surface area contributed by atoms with Gasteiger partial charge >= 0.3 is 0 Å². The van der Waals surface area contributed by atoms with Gasteiger partial charge < -0.3 is 4.90 Å². The summed E-state index contributed by atoms with van der Waals surface area (Å²) < 4.78 is 40.7. The van der Waals surface area contributed by atoms with Crippen molar-refractivity contribution in [3.63, 3.8) is 0 Å². The molecule has 0 radical (unpaired) electrons. The van der Waals surface area contributed by atoms with Crippen molar-refractivity contribution in [3.05, 3.63) is 64.4 Å². The molecule has 0 N–H and O–H groups in total. The van der Waals surface area contributed by atoms with E-state index in [-0.39, 0.29) is 41.5 Å². The molecule has 1 saturated heterocycles. The Hall–Kier alpha value is -1.77. The molecule has 0 bridgehead atoms. The van der Waals surface area contributed by atoms with Gasteiger partial charge in [-0.2, -0.15) is 4.31 Å². The SMILES string of the molecule is O=C(C1CC1c1ccc(F)cc1)N1CCN(S(=O)(=O)c2ccccc2Br)CC1. The van der Waals surface area contributed by atoms with Crippen molar-refractivity contribution in [2.45, 2.75) is 17.2 Å². The molecule has 2 fully saturated rings. The summed E-state index contributed by atoms with van der Waals surface area (Å²) in [7, 11) is -3.59. The first-order chi connectivity index (χ1) is 13.4. The fourth-order valence-electron chi connectivity index (χ4n) is 3.72. The summed E-state index contributed by atoms with van der Waals surface area (Å²) in [5, 5.41) is 0. The van der Waals surface area contributed by atoms with Crippen LogP contribution < -0.4 is 0 Å². The fraction of sp³-hybridized carbons (Fsp3) is 0.350. The number of nitrogens with zero attached hydrogens (tertiary/aromatic N) is 2. The number of piperazine rings is 1. The van der Waals surface area contributed by atoms with Gasteiger partial charge in [0.1, 0.15) is 5.82 Å². The largest absolute Gasteiger partial charge is 0.340 e. The van der Waals surface area contributed by atoms with Gasteiger partial charge in [-0.05, 0) is 58.1 Å². The van der Waals surface area contributed by atoms with E-state index < -0.39 is 10.0 Å². The van der Waals surface area contributed by atoms with Crippen molar-refractivity contribution in [2.75, 3.05) is 26.2 Å². The lowest BCUT2D eigenvalue weighted by Gasteiger charge is -2.34.